The minimum absolute atomic E-state index is 0.168. The lowest BCUT2D eigenvalue weighted by Gasteiger charge is -2.07. The first-order chi connectivity index (χ1) is 14.0. The maximum absolute atomic E-state index is 12.9. The molecule has 1 N–H and O–H groups in total. The van der Waals surface area contributed by atoms with E-state index in [0.717, 1.165) is 11.2 Å². The van der Waals surface area contributed by atoms with Crippen LogP contribution >= 0.6 is 0 Å². The van der Waals surface area contributed by atoms with Crippen LogP contribution in [0.15, 0.2) is 21.7 Å². The van der Waals surface area contributed by atoms with Gasteiger partial charge in [0.1, 0.15) is 0 Å². The molecule has 0 radical (unpaired) electrons. The van der Waals surface area contributed by atoms with Gasteiger partial charge in [-0.15, -0.1) is 15.0 Å². The number of hydrogen-bond acceptors (Lipinski definition) is 9. The van der Waals surface area contributed by atoms with Gasteiger partial charge in [-0.3, -0.25) is 9.59 Å². The molecule has 0 saturated carbocycles. The lowest BCUT2D eigenvalue weighted by Crippen LogP contribution is -2.14. The van der Waals surface area contributed by atoms with Crippen molar-refractivity contribution in [1.29, 1.82) is 0 Å². The molecule has 2 heterocycles. The van der Waals surface area contributed by atoms with Gasteiger partial charge in [0.2, 0.25) is 12.2 Å². The van der Waals surface area contributed by atoms with Gasteiger partial charge in [0.15, 0.2) is 22.5 Å². The number of hydrogen-bond donors (Lipinski definition) is 1. The molecule has 0 bridgehead atoms. The highest BCUT2D eigenvalue weighted by Crippen LogP contribution is 2.29. The number of carbonyl (C=O) groups excluding carboxylic acids is 1. The minimum Gasteiger partial charge on any atom is -0.493 e. The number of ether oxygens (including phenoxy) is 4. The number of nitrogens with one attached hydrogen (secondary N) is 1. The molecule has 1 aromatic carbocycles. The van der Waals surface area contributed by atoms with Crippen molar-refractivity contribution in [3.05, 3.63) is 32.7 Å². The van der Waals surface area contributed by atoms with Crippen LogP contribution in [0, 0.1) is 0 Å². The van der Waals surface area contributed by atoms with Crippen LogP contribution in [0.5, 0.6) is 11.5 Å². The molecular weight excluding hydrogens is 384 g/mol. The van der Waals surface area contributed by atoms with Crippen molar-refractivity contribution in [2.75, 3.05) is 20.8 Å². The second-order valence-electron chi connectivity index (χ2n) is 6.03. The third-order valence-corrected chi connectivity index (χ3v) is 4.12. The Morgan fingerprint density at radius 2 is 1.76 bits per heavy atom. The topological polar surface area (TPSA) is 135 Å². The van der Waals surface area contributed by atoms with Crippen molar-refractivity contribution in [2.24, 2.45) is 0 Å². The molecule has 3 aromatic rings. The Morgan fingerprint density at radius 3 is 2.45 bits per heavy atom. The zero-order valence-electron chi connectivity index (χ0n) is 16.2. The summed E-state index contributed by atoms with van der Waals surface area (Å²) in [6, 6.07) is 2.94. The minimum atomic E-state index is -0.885. The van der Waals surface area contributed by atoms with E-state index >= 15 is 0 Å². The summed E-state index contributed by atoms with van der Waals surface area (Å²) in [5.41, 5.74) is -1.27. The summed E-state index contributed by atoms with van der Waals surface area (Å²) in [6.07, 6.45) is 0.700. The SMILES string of the molecule is CCCCOC(=O)OCn1nc2c(=O)[nH]c3cc(OC)c(OC)cc3c(=O)c2n1. The first-order valence-electron chi connectivity index (χ1n) is 8.85. The number of carbonyl (C=O) groups is 1. The average molecular weight is 404 g/mol. The maximum atomic E-state index is 12.9. The Bertz CT molecular complexity index is 1170. The third-order valence-electron chi connectivity index (χ3n) is 4.12. The van der Waals surface area contributed by atoms with Gasteiger partial charge < -0.3 is 23.9 Å². The monoisotopic (exact) mass is 404 g/mol. The molecule has 154 valence electrons. The standard InChI is InChI=1S/C18H20N4O7/c1-4-5-6-28-18(25)29-9-22-20-14-15(21-22)17(24)19-11-8-13(27-3)12(26-2)7-10(11)16(14)23/h7-8H,4-6,9H2,1-3H3,(H,19,24). The molecule has 0 atom stereocenters. The van der Waals surface area contributed by atoms with Crippen LogP contribution in [0.25, 0.3) is 21.9 Å². The summed E-state index contributed by atoms with van der Waals surface area (Å²) < 4.78 is 20.2. The summed E-state index contributed by atoms with van der Waals surface area (Å²) in [5, 5.41) is 8.12. The Labute approximate surface area is 164 Å². The summed E-state index contributed by atoms with van der Waals surface area (Å²) in [7, 11) is 2.88. The lowest BCUT2D eigenvalue weighted by molar-refractivity contribution is 0.0260. The Morgan fingerprint density at radius 1 is 1.07 bits per heavy atom. The van der Waals surface area contributed by atoms with Gasteiger partial charge in [-0.05, 0) is 12.5 Å². The summed E-state index contributed by atoms with van der Waals surface area (Å²) >= 11 is 0. The van der Waals surface area contributed by atoms with E-state index in [2.05, 4.69) is 15.2 Å². The Balaban J connectivity index is 2.00. The average Bonchev–Trinajstić information content (AvgIpc) is 3.12. The molecule has 29 heavy (non-hydrogen) atoms. The van der Waals surface area contributed by atoms with Crippen LogP contribution in [0.2, 0.25) is 0 Å². The van der Waals surface area contributed by atoms with E-state index in [1.165, 1.54) is 26.4 Å². The molecule has 3 rings (SSSR count). The van der Waals surface area contributed by atoms with E-state index in [1.54, 1.807) is 0 Å². The van der Waals surface area contributed by atoms with E-state index in [-0.39, 0.29) is 28.5 Å². The Hall–Kier alpha value is -3.63. The fraction of sp³-hybridized carbons (Fsp3) is 0.389. The number of aromatic amines is 1. The fourth-order valence-corrected chi connectivity index (χ4v) is 2.64. The summed E-state index contributed by atoms with van der Waals surface area (Å²) in [4.78, 5) is 40.5. The molecule has 0 aliphatic heterocycles. The van der Waals surface area contributed by atoms with E-state index < -0.39 is 23.9 Å². The highest BCUT2D eigenvalue weighted by Gasteiger charge is 2.16. The van der Waals surface area contributed by atoms with Gasteiger partial charge in [-0.2, -0.15) is 0 Å². The van der Waals surface area contributed by atoms with Gasteiger partial charge in [0, 0.05) is 6.07 Å². The largest absolute Gasteiger partial charge is 0.510 e. The second-order valence-corrected chi connectivity index (χ2v) is 6.03. The van der Waals surface area contributed by atoms with Crippen LogP contribution in [-0.2, 0) is 16.2 Å². The van der Waals surface area contributed by atoms with Crippen LogP contribution in [0.3, 0.4) is 0 Å². The van der Waals surface area contributed by atoms with E-state index in [4.69, 9.17) is 18.9 Å². The van der Waals surface area contributed by atoms with Crippen molar-refractivity contribution in [1.82, 2.24) is 20.0 Å². The van der Waals surface area contributed by atoms with E-state index in [1.807, 2.05) is 6.92 Å². The molecule has 0 unspecified atom stereocenters. The van der Waals surface area contributed by atoms with Gasteiger partial charge in [0.05, 0.1) is 31.7 Å². The quantitative estimate of drug-likeness (QED) is 0.460. The number of rotatable bonds is 7. The predicted molar refractivity (Wildman–Crippen MR) is 102 cm³/mol. The smallest absolute Gasteiger partial charge is 0.493 e. The van der Waals surface area contributed by atoms with Crippen LogP contribution < -0.4 is 20.5 Å². The van der Waals surface area contributed by atoms with E-state index in [9.17, 15) is 14.4 Å². The number of nitrogens with zero attached hydrogens (tertiary/aromatic N) is 3. The first-order valence-corrected chi connectivity index (χ1v) is 8.85. The van der Waals surface area contributed by atoms with Crippen molar-refractivity contribution < 1.29 is 23.7 Å². The zero-order chi connectivity index (χ0) is 21.0. The second kappa shape index (κ2) is 8.59. The number of H-pyrrole nitrogens is 1. The lowest BCUT2D eigenvalue weighted by atomic mass is 10.2. The first kappa shape index (κ1) is 20.1. The van der Waals surface area contributed by atoms with Crippen LogP contribution in [0.1, 0.15) is 19.8 Å². The van der Waals surface area contributed by atoms with Gasteiger partial charge in [0.25, 0.3) is 5.56 Å². The third kappa shape index (κ3) is 4.13. The number of benzene rings is 1. The summed E-state index contributed by atoms with van der Waals surface area (Å²) in [5.74, 6) is 0.676. The van der Waals surface area contributed by atoms with Crippen LogP contribution in [-0.4, -0.2) is 47.0 Å². The van der Waals surface area contributed by atoms with Crippen LogP contribution in [0.4, 0.5) is 4.79 Å². The summed E-state index contributed by atoms with van der Waals surface area (Å²) in [6.45, 7) is 1.79. The van der Waals surface area contributed by atoms with Gasteiger partial charge >= 0.3 is 6.16 Å². The number of aromatic nitrogens is 4. The molecular formula is C18H20N4O7. The highest BCUT2D eigenvalue weighted by atomic mass is 16.7. The molecule has 0 saturated heterocycles. The molecule has 11 nitrogen and oxygen atoms in total. The van der Waals surface area contributed by atoms with Crippen molar-refractivity contribution >= 4 is 28.1 Å². The van der Waals surface area contributed by atoms with Gasteiger partial charge in [-0.25, -0.2) is 4.79 Å². The maximum Gasteiger partial charge on any atom is 0.510 e. The molecule has 11 heteroatoms. The molecule has 0 amide bonds. The molecule has 0 aliphatic carbocycles. The molecule has 0 aliphatic rings. The molecule has 2 aromatic heterocycles. The van der Waals surface area contributed by atoms with Crippen molar-refractivity contribution in [2.45, 2.75) is 26.5 Å². The normalized spacial score (nSPS) is 10.9. The van der Waals surface area contributed by atoms with Gasteiger partial charge in [-0.1, -0.05) is 13.3 Å². The van der Waals surface area contributed by atoms with Crippen molar-refractivity contribution in [3.8, 4) is 11.5 Å². The predicted octanol–water partition coefficient (Wildman–Crippen LogP) is 1.56. The number of methoxy groups -OCH3 is 2. The van der Waals surface area contributed by atoms with E-state index in [0.29, 0.717) is 17.9 Å². The highest BCUT2D eigenvalue weighted by molar-refractivity contribution is 5.88. The number of fused-ring (bicyclic) bond motifs is 2. The fourth-order valence-electron chi connectivity index (χ4n) is 2.64. The zero-order valence-corrected chi connectivity index (χ0v) is 16.2. The van der Waals surface area contributed by atoms with Crippen molar-refractivity contribution in [3.63, 3.8) is 0 Å². The Kier molecular flexibility index (Phi) is 5.96. The molecule has 0 spiro atoms. The molecule has 0 fully saturated rings. The number of unbranched alkanes of at least 4 members (excludes halogenated alkanes) is 1.